The predicted molar refractivity (Wildman–Crippen MR) is 243 cm³/mol. The summed E-state index contributed by atoms with van der Waals surface area (Å²) in [5.41, 5.74) is 10.9. The molecule has 8 aromatic rings. The number of benzene rings is 8. The van der Waals surface area contributed by atoms with Crippen LogP contribution < -0.4 is 20.8 Å². The average molecular weight is 764 g/mol. The maximum Gasteiger partial charge on any atom is 0.171 e. The van der Waals surface area contributed by atoms with Crippen LogP contribution in [0.4, 0.5) is 17.1 Å². The van der Waals surface area contributed by atoms with Crippen molar-refractivity contribution in [1.29, 1.82) is 0 Å². The molecule has 0 bridgehead atoms. The minimum atomic E-state index is -3.17. The smallest absolute Gasteiger partial charge is 0.171 e. The Hall–Kier alpha value is -7.13. The first-order chi connectivity index (χ1) is 28.6. The van der Waals surface area contributed by atoms with E-state index < -0.39 is 12.6 Å². The normalized spacial score (nSPS) is 14.1. The highest BCUT2D eigenvalue weighted by Crippen LogP contribution is 2.65. The van der Waals surface area contributed by atoms with Gasteiger partial charge in [-0.25, -0.2) is 9.98 Å². The minimum Gasteiger partial charge on any atom is -0.310 e. The Balaban J connectivity index is 1.21. The molecule has 8 aromatic carbocycles. The lowest BCUT2D eigenvalue weighted by molar-refractivity contribution is 0.592. The highest BCUT2D eigenvalue weighted by Gasteiger charge is 2.53. The van der Waals surface area contributed by atoms with Crippen LogP contribution in [0.15, 0.2) is 228 Å². The van der Waals surface area contributed by atoms with Gasteiger partial charge in [0.2, 0.25) is 0 Å². The van der Waals surface area contributed by atoms with E-state index in [4.69, 9.17) is 4.99 Å². The highest BCUT2D eigenvalue weighted by atomic mass is 31.2. The van der Waals surface area contributed by atoms with E-state index in [0.717, 1.165) is 66.5 Å². The molecule has 0 fully saturated rings. The van der Waals surface area contributed by atoms with Crippen LogP contribution in [-0.2, 0) is 9.98 Å². The van der Waals surface area contributed by atoms with Gasteiger partial charge in [-0.15, -0.1) is 0 Å². The van der Waals surface area contributed by atoms with Crippen molar-refractivity contribution in [3.63, 3.8) is 0 Å². The molecule has 1 aliphatic heterocycles. The molecule has 0 radical (unpaired) electrons. The zero-order valence-electron chi connectivity index (χ0n) is 31.7. The molecule has 58 heavy (non-hydrogen) atoms. The molecule has 276 valence electrons. The van der Waals surface area contributed by atoms with Gasteiger partial charge in [0, 0.05) is 38.3 Å². The van der Waals surface area contributed by atoms with Gasteiger partial charge in [0.25, 0.3) is 0 Å². The molecule has 1 aliphatic carbocycles. The molecule has 0 unspecified atom stereocenters. The van der Waals surface area contributed by atoms with Crippen LogP contribution in [0.25, 0.3) is 11.3 Å². The molecule has 4 nitrogen and oxygen atoms in total. The molecule has 5 heteroatoms. The Morgan fingerprint density at radius 3 is 1.48 bits per heavy atom. The number of hydrogen-bond donors (Lipinski definition) is 0. The standard InChI is InChI=1S/C53H38N3OP/c1-54-52(39-34-36-43(37-35-39)58(57,41-24-10-4-11-25-41)42-26-12-5-13-27-42)55-51-44-28-14-15-29-45(44)53(50(51)38-20-6-2-7-21-38)46-30-16-18-32-48(46)56(40-22-8-3-9-23-40)49-33-19-17-31-47(49)53/h2-37H,1H2. The van der Waals surface area contributed by atoms with E-state index in [9.17, 15) is 0 Å². The van der Waals surface area contributed by atoms with Gasteiger partial charge in [0.05, 0.1) is 22.5 Å². The van der Waals surface area contributed by atoms with Crippen molar-refractivity contribution in [2.75, 3.05) is 4.90 Å². The second-order valence-electron chi connectivity index (χ2n) is 14.5. The molecular formula is C53H38N3OP. The second-order valence-corrected chi connectivity index (χ2v) is 17.3. The van der Waals surface area contributed by atoms with Gasteiger partial charge in [-0.05, 0) is 53.2 Å². The molecular weight excluding hydrogens is 726 g/mol. The minimum absolute atomic E-state index is 0.486. The monoisotopic (exact) mass is 763 g/mol. The fourth-order valence-corrected chi connectivity index (χ4v) is 11.7. The van der Waals surface area contributed by atoms with E-state index >= 15 is 4.57 Å². The summed E-state index contributed by atoms with van der Waals surface area (Å²) in [5.74, 6) is 0.486. The highest BCUT2D eigenvalue weighted by molar-refractivity contribution is 7.85. The van der Waals surface area contributed by atoms with E-state index in [2.05, 4.69) is 150 Å². The lowest BCUT2D eigenvalue weighted by atomic mass is 9.62. The van der Waals surface area contributed by atoms with E-state index in [1.165, 1.54) is 11.1 Å². The number of nitrogens with zero attached hydrogens (tertiary/aromatic N) is 3. The first-order valence-electron chi connectivity index (χ1n) is 19.5. The van der Waals surface area contributed by atoms with Crippen LogP contribution in [0.5, 0.6) is 0 Å². The van der Waals surface area contributed by atoms with Crippen molar-refractivity contribution in [2.24, 2.45) is 9.98 Å². The number of fused-ring (bicyclic) bond motifs is 6. The molecule has 0 atom stereocenters. The summed E-state index contributed by atoms with van der Waals surface area (Å²) in [7, 11) is -3.17. The van der Waals surface area contributed by atoms with Gasteiger partial charge in [-0.3, -0.25) is 0 Å². The number of rotatable bonds is 7. The van der Waals surface area contributed by atoms with Gasteiger partial charge in [-0.1, -0.05) is 194 Å². The molecule has 0 aromatic heterocycles. The van der Waals surface area contributed by atoms with E-state index in [1.807, 2.05) is 84.9 Å². The molecule has 1 spiro atoms. The van der Waals surface area contributed by atoms with Gasteiger partial charge in [0.15, 0.2) is 13.0 Å². The van der Waals surface area contributed by atoms with Gasteiger partial charge >= 0.3 is 0 Å². The largest absolute Gasteiger partial charge is 0.310 e. The van der Waals surface area contributed by atoms with Crippen LogP contribution >= 0.6 is 7.14 Å². The van der Waals surface area contributed by atoms with Gasteiger partial charge in [-0.2, -0.15) is 0 Å². The molecule has 0 saturated heterocycles. The molecule has 0 N–H and O–H groups in total. The van der Waals surface area contributed by atoms with Crippen molar-refractivity contribution in [3.8, 4) is 0 Å². The Bertz CT molecular complexity index is 2830. The SMILES string of the molecule is C=NC(=NC1=C(c2ccccc2)C2(c3ccccc31)c1ccccc1N(c1ccccc1)c1ccccc12)c1ccc(P(=O)(c2ccccc2)c2ccccc2)cc1. The number of amidine groups is 1. The Morgan fingerprint density at radius 1 is 0.483 bits per heavy atom. The first kappa shape index (κ1) is 35.3. The third-order valence-corrected chi connectivity index (χ3v) is 14.5. The predicted octanol–water partition coefficient (Wildman–Crippen LogP) is 11.5. The summed E-state index contributed by atoms with van der Waals surface area (Å²) in [6.45, 7) is 4.05. The number of hydrogen-bond acceptors (Lipinski definition) is 3. The summed E-state index contributed by atoms with van der Waals surface area (Å²) >= 11 is 0. The summed E-state index contributed by atoms with van der Waals surface area (Å²) in [5, 5.41) is 2.31. The van der Waals surface area contributed by atoms with Crippen LogP contribution in [0, 0.1) is 0 Å². The van der Waals surface area contributed by atoms with Crippen molar-refractivity contribution in [3.05, 3.63) is 252 Å². The third kappa shape index (κ3) is 5.41. The van der Waals surface area contributed by atoms with Crippen molar-refractivity contribution >= 4 is 63.9 Å². The summed E-state index contributed by atoms with van der Waals surface area (Å²) in [6, 6.07) is 74.8. The van der Waals surface area contributed by atoms with E-state index in [1.54, 1.807) is 0 Å². The number of allylic oxidation sites excluding steroid dienone is 1. The maximum atomic E-state index is 15.2. The van der Waals surface area contributed by atoms with Crippen LogP contribution in [0.2, 0.25) is 0 Å². The summed E-state index contributed by atoms with van der Waals surface area (Å²) in [4.78, 5) is 12.5. The quantitative estimate of drug-likeness (QED) is 0.0922. The van der Waals surface area contributed by atoms with Crippen molar-refractivity contribution in [1.82, 2.24) is 0 Å². The molecule has 0 amide bonds. The fourth-order valence-electron chi connectivity index (χ4n) is 9.04. The third-order valence-electron chi connectivity index (χ3n) is 11.5. The Kier molecular flexibility index (Phi) is 8.78. The van der Waals surface area contributed by atoms with Crippen molar-refractivity contribution < 1.29 is 4.57 Å². The van der Waals surface area contributed by atoms with Crippen LogP contribution in [-0.4, -0.2) is 12.6 Å². The average Bonchev–Trinajstić information content (AvgIpc) is 3.59. The molecule has 10 rings (SSSR count). The maximum absolute atomic E-state index is 15.2. The first-order valence-corrected chi connectivity index (χ1v) is 21.2. The van der Waals surface area contributed by atoms with Gasteiger partial charge in [0.1, 0.15) is 0 Å². The molecule has 2 aliphatic rings. The second kappa shape index (κ2) is 14.4. The zero-order chi connectivity index (χ0) is 39.1. The van der Waals surface area contributed by atoms with Crippen LogP contribution in [0.1, 0.15) is 33.4 Å². The Morgan fingerprint density at radius 2 is 0.931 bits per heavy atom. The van der Waals surface area contributed by atoms with E-state index in [-0.39, 0.29) is 0 Å². The molecule has 0 saturated carbocycles. The molecule has 1 heterocycles. The van der Waals surface area contributed by atoms with Crippen LogP contribution in [0.3, 0.4) is 0 Å². The Labute approximate surface area is 339 Å². The lowest BCUT2D eigenvalue weighted by Gasteiger charge is -2.45. The summed E-state index contributed by atoms with van der Waals surface area (Å²) in [6.07, 6.45) is 0. The van der Waals surface area contributed by atoms with Crippen molar-refractivity contribution in [2.45, 2.75) is 5.41 Å². The number of para-hydroxylation sites is 3. The number of aliphatic imine (C=N–C) groups is 2. The summed E-state index contributed by atoms with van der Waals surface area (Å²) < 4.78 is 15.2. The fraction of sp³-hybridized carbons (Fsp3) is 0.0189. The van der Waals surface area contributed by atoms with E-state index in [0.29, 0.717) is 5.84 Å². The topological polar surface area (TPSA) is 45.0 Å². The number of anilines is 3. The lowest BCUT2D eigenvalue weighted by Crippen LogP contribution is -2.36. The zero-order valence-corrected chi connectivity index (χ0v) is 32.6. The van der Waals surface area contributed by atoms with Gasteiger partial charge < -0.3 is 9.46 Å².